The van der Waals surface area contributed by atoms with E-state index in [4.69, 9.17) is 16.3 Å². The Balaban J connectivity index is 1.78. The molecule has 0 saturated carbocycles. The van der Waals surface area contributed by atoms with E-state index in [1.54, 1.807) is 13.2 Å². The van der Waals surface area contributed by atoms with Crippen LogP contribution in [-0.2, 0) is 22.6 Å². The van der Waals surface area contributed by atoms with Crippen LogP contribution in [0.2, 0.25) is 5.02 Å². The number of rotatable bonds is 8. The molecule has 2 aromatic rings. The van der Waals surface area contributed by atoms with E-state index in [2.05, 4.69) is 10.6 Å². The summed E-state index contributed by atoms with van der Waals surface area (Å²) in [5.74, 6) is 0.510. The maximum Gasteiger partial charge on any atom is 0.226 e. The van der Waals surface area contributed by atoms with Crippen molar-refractivity contribution in [3.63, 3.8) is 0 Å². The molecule has 0 bridgehead atoms. The van der Waals surface area contributed by atoms with Crippen LogP contribution < -0.4 is 15.4 Å². The molecule has 0 unspecified atom stereocenters. The molecule has 0 heterocycles. The highest BCUT2D eigenvalue weighted by Gasteiger charge is 2.08. The van der Waals surface area contributed by atoms with Crippen molar-refractivity contribution in [1.82, 2.24) is 5.32 Å². The first-order chi connectivity index (χ1) is 12.9. The lowest BCUT2D eigenvalue weighted by Gasteiger charge is -2.09. The Morgan fingerprint density at radius 2 is 1.74 bits per heavy atom. The first kappa shape index (κ1) is 20.8. The summed E-state index contributed by atoms with van der Waals surface area (Å²) in [7, 11) is 1.57. The molecular weight excluding hydrogens is 364 g/mol. The Morgan fingerprint density at radius 3 is 2.33 bits per heavy atom. The molecule has 0 aliphatic heterocycles. The van der Waals surface area contributed by atoms with Gasteiger partial charge in [0, 0.05) is 24.6 Å². The molecule has 0 spiro atoms. The summed E-state index contributed by atoms with van der Waals surface area (Å²) < 4.78 is 5.12. The summed E-state index contributed by atoms with van der Waals surface area (Å²) in [5, 5.41) is 6.28. The van der Waals surface area contributed by atoms with Gasteiger partial charge < -0.3 is 15.4 Å². The maximum atomic E-state index is 12.1. The molecule has 0 aromatic heterocycles. The third kappa shape index (κ3) is 6.61. The first-order valence-electron chi connectivity index (χ1n) is 8.88. The smallest absolute Gasteiger partial charge is 0.226 e. The minimum absolute atomic E-state index is 0.0188. The quantitative estimate of drug-likeness (QED) is 0.712. The number of carbonyl (C=O) groups excluding carboxylic acids is 2. The second-order valence-electron chi connectivity index (χ2n) is 6.59. The van der Waals surface area contributed by atoms with Crippen molar-refractivity contribution in [2.75, 3.05) is 12.4 Å². The van der Waals surface area contributed by atoms with E-state index in [-0.39, 0.29) is 17.7 Å². The number of hydrogen-bond acceptors (Lipinski definition) is 3. The first-order valence-corrected chi connectivity index (χ1v) is 9.25. The van der Waals surface area contributed by atoms with Crippen LogP contribution in [0.15, 0.2) is 42.5 Å². The van der Waals surface area contributed by atoms with Gasteiger partial charge in [0.05, 0.1) is 12.1 Å². The van der Waals surface area contributed by atoms with Crippen LogP contribution in [0.3, 0.4) is 0 Å². The number of carbonyl (C=O) groups is 2. The largest absolute Gasteiger partial charge is 0.495 e. The van der Waals surface area contributed by atoms with Crippen molar-refractivity contribution < 1.29 is 14.3 Å². The van der Waals surface area contributed by atoms with Crippen molar-refractivity contribution >= 4 is 29.1 Å². The number of amides is 2. The van der Waals surface area contributed by atoms with Gasteiger partial charge in [-0.2, -0.15) is 0 Å². The molecule has 144 valence electrons. The van der Waals surface area contributed by atoms with E-state index in [1.165, 1.54) is 0 Å². The summed E-state index contributed by atoms with van der Waals surface area (Å²) in [6.07, 6.45) is 0.987. The minimum Gasteiger partial charge on any atom is -0.495 e. The molecule has 0 fully saturated rings. The van der Waals surface area contributed by atoms with E-state index < -0.39 is 0 Å². The number of ether oxygens (including phenoxy) is 1. The molecule has 27 heavy (non-hydrogen) atoms. The predicted octanol–water partition coefficient (Wildman–Crippen LogP) is 4.19. The van der Waals surface area contributed by atoms with E-state index >= 15 is 0 Å². The Kier molecular flexibility index (Phi) is 7.67. The van der Waals surface area contributed by atoms with Crippen LogP contribution >= 0.6 is 11.6 Å². The highest BCUT2D eigenvalue weighted by atomic mass is 35.5. The molecular formula is C21H25ClN2O3. The Morgan fingerprint density at radius 1 is 1.07 bits per heavy atom. The average molecular weight is 389 g/mol. The van der Waals surface area contributed by atoms with Crippen LogP contribution in [0.5, 0.6) is 5.75 Å². The number of anilines is 1. The molecule has 2 amide bonds. The highest BCUT2D eigenvalue weighted by molar-refractivity contribution is 6.32. The molecule has 0 saturated heterocycles. The van der Waals surface area contributed by atoms with E-state index in [0.29, 0.717) is 30.2 Å². The van der Waals surface area contributed by atoms with Gasteiger partial charge in [0.2, 0.25) is 11.8 Å². The SMILES string of the molecule is COc1ccc(CCC(=O)NCc2ccc(NC(=O)C(C)C)cc2)cc1Cl. The number of methoxy groups -OCH3 is 1. The Bertz CT molecular complexity index is 789. The van der Waals surface area contributed by atoms with E-state index in [0.717, 1.165) is 16.8 Å². The predicted molar refractivity (Wildman–Crippen MR) is 108 cm³/mol. The monoisotopic (exact) mass is 388 g/mol. The zero-order valence-electron chi connectivity index (χ0n) is 15.8. The van der Waals surface area contributed by atoms with Crippen molar-refractivity contribution in [2.45, 2.75) is 33.2 Å². The summed E-state index contributed by atoms with van der Waals surface area (Å²) in [5.41, 5.74) is 2.71. The lowest BCUT2D eigenvalue weighted by atomic mass is 10.1. The topological polar surface area (TPSA) is 67.4 Å². The molecule has 2 N–H and O–H groups in total. The average Bonchev–Trinajstić information content (AvgIpc) is 2.65. The van der Waals surface area contributed by atoms with Crippen LogP contribution in [0, 0.1) is 5.92 Å². The van der Waals surface area contributed by atoms with Gasteiger partial charge in [-0.15, -0.1) is 0 Å². The van der Waals surface area contributed by atoms with Crippen LogP contribution in [-0.4, -0.2) is 18.9 Å². The molecule has 0 atom stereocenters. The zero-order chi connectivity index (χ0) is 19.8. The number of halogens is 1. The fourth-order valence-electron chi connectivity index (χ4n) is 2.40. The summed E-state index contributed by atoms with van der Waals surface area (Å²) in [4.78, 5) is 23.7. The fraction of sp³-hybridized carbons (Fsp3) is 0.333. The standard InChI is InChI=1S/C21H25ClN2O3/c1-14(2)21(26)24-17-8-4-16(5-9-17)13-23-20(25)11-7-15-6-10-19(27-3)18(22)12-15/h4-6,8-10,12,14H,7,11,13H2,1-3H3,(H,23,25)(H,24,26). The molecule has 0 aliphatic carbocycles. The molecule has 2 rings (SSSR count). The van der Waals surface area contributed by atoms with Gasteiger partial charge in [0.25, 0.3) is 0 Å². The highest BCUT2D eigenvalue weighted by Crippen LogP contribution is 2.25. The zero-order valence-corrected chi connectivity index (χ0v) is 16.6. The fourth-order valence-corrected chi connectivity index (χ4v) is 2.69. The molecule has 6 heteroatoms. The van der Waals surface area contributed by atoms with Gasteiger partial charge >= 0.3 is 0 Å². The Hall–Kier alpha value is -2.53. The van der Waals surface area contributed by atoms with Crippen molar-refractivity contribution in [3.05, 3.63) is 58.6 Å². The number of hydrogen-bond donors (Lipinski definition) is 2. The second kappa shape index (κ2) is 9.97. The lowest BCUT2D eigenvalue weighted by Crippen LogP contribution is -2.23. The Labute approximate surface area is 165 Å². The lowest BCUT2D eigenvalue weighted by molar-refractivity contribution is -0.121. The normalized spacial score (nSPS) is 10.6. The number of benzene rings is 2. The molecule has 0 aliphatic rings. The van der Waals surface area contributed by atoms with Gasteiger partial charge in [-0.1, -0.05) is 43.6 Å². The molecule has 0 radical (unpaired) electrons. The molecule has 5 nitrogen and oxygen atoms in total. The summed E-state index contributed by atoms with van der Waals surface area (Å²) >= 11 is 6.10. The summed E-state index contributed by atoms with van der Waals surface area (Å²) in [6.45, 7) is 4.14. The van der Waals surface area contributed by atoms with Crippen LogP contribution in [0.4, 0.5) is 5.69 Å². The van der Waals surface area contributed by atoms with Crippen molar-refractivity contribution in [1.29, 1.82) is 0 Å². The third-order valence-corrected chi connectivity index (χ3v) is 4.39. The van der Waals surface area contributed by atoms with E-state index in [1.807, 2.05) is 50.2 Å². The van der Waals surface area contributed by atoms with E-state index in [9.17, 15) is 9.59 Å². The van der Waals surface area contributed by atoms with Gasteiger partial charge in [0.15, 0.2) is 0 Å². The van der Waals surface area contributed by atoms with Gasteiger partial charge in [-0.3, -0.25) is 9.59 Å². The van der Waals surface area contributed by atoms with Crippen molar-refractivity contribution in [3.8, 4) is 5.75 Å². The number of aryl methyl sites for hydroxylation is 1. The van der Waals surface area contributed by atoms with Crippen molar-refractivity contribution in [2.24, 2.45) is 5.92 Å². The van der Waals surface area contributed by atoms with Gasteiger partial charge in [-0.25, -0.2) is 0 Å². The third-order valence-electron chi connectivity index (χ3n) is 4.09. The maximum absolute atomic E-state index is 12.1. The second-order valence-corrected chi connectivity index (χ2v) is 6.99. The summed E-state index contributed by atoms with van der Waals surface area (Å²) in [6, 6.07) is 13.0. The number of nitrogens with one attached hydrogen (secondary N) is 2. The molecule has 2 aromatic carbocycles. The minimum atomic E-state index is -0.0652. The van der Waals surface area contributed by atoms with Gasteiger partial charge in [-0.05, 0) is 41.8 Å². The van der Waals surface area contributed by atoms with Gasteiger partial charge in [0.1, 0.15) is 5.75 Å². The van der Waals surface area contributed by atoms with Crippen LogP contribution in [0.25, 0.3) is 0 Å². The van der Waals surface area contributed by atoms with Crippen LogP contribution in [0.1, 0.15) is 31.4 Å².